The van der Waals surface area contributed by atoms with Crippen molar-refractivity contribution in [2.75, 3.05) is 16.8 Å². The number of nitrogens with zero attached hydrogens (tertiary/aromatic N) is 1. The van der Waals surface area contributed by atoms with Gasteiger partial charge in [-0.15, -0.1) is 0 Å². The molecular formula is C20H19F3N2O2. The summed E-state index contributed by atoms with van der Waals surface area (Å²) in [6.07, 6.45) is -4.46. The molecule has 2 aromatic rings. The fourth-order valence-electron chi connectivity index (χ4n) is 3.26. The highest BCUT2D eigenvalue weighted by Crippen LogP contribution is 2.31. The van der Waals surface area contributed by atoms with E-state index in [2.05, 4.69) is 5.32 Å². The fraction of sp³-hybridized carbons (Fsp3) is 0.300. The molecule has 0 aromatic heterocycles. The van der Waals surface area contributed by atoms with Crippen molar-refractivity contribution >= 4 is 23.2 Å². The largest absolute Gasteiger partial charge is 0.416 e. The predicted molar refractivity (Wildman–Crippen MR) is 96.4 cm³/mol. The molecule has 0 radical (unpaired) electrons. The van der Waals surface area contributed by atoms with Gasteiger partial charge in [-0.25, -0.2) is 0 Å². The van der Waals surface area contributed by atoms with Gasteiger partial charge in [0, 0.05) is 24.3 Å². The molecule has 3 rings (SSSR count). The van der Waals surface area contributed by atoms with Crippen molar-refractivity contribution in [2.45, 2.75) is 26.4 Å². The summed E-state index contributed by atoms with van der Waals surface area (Å²) in [4.78, 5) is 26.4. The number of carbonyl (C=O) groups is 2. The molecule has 142 valence electrons. The third-order valence-electron chi connectivity index (χ3n) is 4.47. The van der Waals surface area contributed by atoms with Gasteiger partial charge in [-0.05, 0) is 55.3 Å². The minimum atomic E-state index is -4.48. The second-order valence-corrected chi connectivity index (χ2v) is 6.82. The Labute approximate surface area is 155 Å². The molecular weight excluding hydrogens is 357 g/mol. The first-order valence-electron chi connectivity index (χ1n) is 8.50. The van der Waals surface area contributed by atoms with Gasteiger partial charge in [0.05, 0.1) is 11.5 Å². The van der Waals surface area contributed by atoms with E-state index in [0.29, 0.717) is 0 Å². The minimum Gasteiger partial charge on any atom is -0.326 e. The number of halogens is 3. The number of benzene rings is 2. The summed E-state index contributed by atoms with van der Waals surface area (Å²) in [5, 5.41) is 2.49. The van der Waals surface area contributed by atoms with E-state index in [-0.39, 0.29) is 24.6 Å². The average Bonchev–Trinajstić information content (AvgIpc) is 2.95. The van der Waals surface area contributed by atoms with Crippen molar-refractivity contribution in [3.05, 3.63) is 59.2 Å². The van der Waals surface area contributed by atoms with Crippen molar-refractivity contribution < 1.29 is 22.8 Å². The first-order chi connectivity index (χ1) is 12.6. The molecule has 1 aliphatic rings. The van der Waals surface area contributed by atoms with Gasteiger partial charge in [-0.1, -0.05) is 12.1 Å². The van der Waals surface area contributed by atoms with Crippen LogP contribution in [0.2, 0.25) is 0 Å². The first kappa shape index (κ1) is 18.9. The van der Waals surface area contributed by atoms with Gasteiger partial charge in [0.2, 0.25) is 11.8 Å². The monoisotopic (exact) mass is 376 g/mol. The van der Waals surface area contributed by atoms with Crippen LogP contribution in [-0.2, 0) is 15.8 Å². The lowest BCUT2D eigenvalue weighted by Crippen LogP contribution is -2.28. The molecule has 0 unspecified atom stereocenters. The lowest BCUT2D eigenvalue weighted by molar-refractivity contribution is -0.137. The van der Waals surface area contributed by atoms with Gasteiger partial charge < -0.3 is 10.2 Å². The molecule has 2 aromatic carbocycles. The zero-order chi connectivity index (χ0) is 19.8. The second kappa shape index (κ2) is 7.06. The number of aryl methyl sites for hydroxylation is 2. The van der Waals surface area contributed by atoms with E-state index in [0.717, 1.165) is 28.9 Å². The zero-order valence-electron chi connectivity index (χ0n) is 14.9. The second-order valence-electron chi connectivity index (χ2n) is 6.82. The molecule has 0 spiro atoms. The highest BCUT2D eigenvalue weighted by molar-refractivity contribution is 6.03. The molecule has 27 heavy (non-hydrogen) atoms. The van der Waals surface area contributed by atoms with E-state index in [4.69, 9.17) is 0 Å². The van der Waals surface area contributed by atoms with E-state index in [1.807, 2.05) is 32.0 Å². The predicted octanol–water partition coefficient (Wildman–Crippen LogP) is 4.31. The van der Waals surface area contributed by atoms with Crippen LogP contribution in [0.1, 0.15) is 23.1 Å². The van der Waals surface area contributed by atoms with Crippen molar-refractivity contribution in [2.24, 2.45) is 5.92 Å². The van der Waals surface area contributed by atoms with Crippen LogP contribution in [0.4, 0.5) is 24.5 Å². The fourth-order valence-corrected chi connectivity index (χ4v) is 3.26. The highest BCUT2D eigenvalue weighted by atomic mass is 19.4. The van der Waals surface area contributed by atoms with Crippen LogP contribution in [0, 0.1) is 19.8 Å². The molecule has 4 nitrogen and oxygen atoms in total. The van der Waals surface area contributed by atoms with E-state index in [1.165, 1.54) is 12.1 Å². The molecule has 0 saturated carbocycles. The van der Waals surface area contributed by atoms with Crippen LogP contribution in [0.15, 0.2) is 42.5 Å². The maximum absolute atomic E-state index is 12.8. The summed E-state index contributed by atoms with van der Waals surface area (Å²) in [6.45, 7) is 4.05. The molecule has 0 aliphatic carbocycles. The Morgan fingerprint density at radius 3 is 2.41 bits per heavy atom. The molecule has 1 N–H and O–H groups in total. The summed E-state index contributed by atoms with van der Waals surface area (Å²) in [6, 6.07) is 10.2. The molecule has 1 saturated heterocycles. The Morgan fingerprint density at radius 1 is 1.11 bits per heavy atom. The van der Waals surface area contributed by atoms with Crippen LogP contribution >= 0.6 is 0 Å². The maximum atomic E-state index is 12.8. The summed E-state index contributed by atoms with van der Waals surface area (Å²) in [7, 11) is 0. The third-order valence-corrected chi connectivity index (χ3v) is 4.47. The molecule has 1 aliphatic heterocycles. The smallest absolute Gasteiger partial charge is 0.326 e. The number of hydrogen-bond acceptors (Lipinski definition) is 2. The van der Waals surface area contributed by atoms with Gasteiger partial charge in [0.15, 0.2) is 0 Å². The lowest BCUT2D eigenvalue weighted by Gasteiger charge is -2.18. The first-order valence-corrected chi connectivity index (χ1v) is 8.50. The Bertz CT molecular complexity index is 873. The number of alkyl halides is 3. The van der Waals surface area contributed by atoms with Crippen LogP contribution in [-0.4, -0.2) is 18.4 Å². The summed E-state index contributed by atoms with van der Waals surface area (Å²) in [5.41, 5.74) is 1.97. The van der Waals surface area contributed by atoms with E-state index < -0.39 is 23.6 Å². The Balaban J connectivity index is 1.73. The van der Waals surface area contributed by atoms with Crippen molar-refractivity contribution in [3.8, 4) is 0 Å². The van der Waals surface area contributed by atoms with Crippen molar-refractivity contribution in [1.29, 1.82) is 0 Å². The van der Waals surface area contributed by atoms with Gasteiger partial charge in [-0.2, -0.15) is 13.2 Å². The Hall–Kier alpha value is -2.83. The van der Waals surface area contributed by atoms with E-state index >= 15 is 0 Å². The zero-order valence-corrected chi connectivity index (χ0v) is 14.9. The van der Waals surface area contributed by atoms with Crippen molar-refractivity contribution in [3.63, 3.8) is 0 Å². The summed E-state index contributed by atoms with van der Waals surface area (Å²) < 4.78 is 38.4. The number of hydrogen-bond donors (Lipinski definition) is 1. The number of nitrogens with one attached hydrogen (secondary N) is 1. The molecule has 0 bridgehead atoms. The third kappa shape index (κ3) is 4.30. The topological polar surface area (TPSA) is 49.4 Å². The van der Waals surface area contributed by atoms with Gasteiger partial charge >= 0.3 is 6.18 Å². The van der Waals surface area contributed by atoms with Gasteiger partial charge in [0.1, 0.15) is 0 Å². The summed E-state index contributed by atoms with van der Waals surface area (Å²) in [5.74, 6) is -1.26. The van der Waals surface area contributed by atoms with Crippen LogP contribution in [0.3, 0.4) is 0 Å². The molecule has 1 atom stereocenters. The maximum Gasteiger partial charge on any atom is 0.416 e. The number of rotatable bonds is 3. The standard InChI is InChI=1S/C20H19F3N2O2/c1-12-6-13(2)8-17(7-12)25-11-14(9-18(25)26)19(27)24-16-5-3-4-15(10-16)20(21,22)23/h3-8,10,14H,9,11H2,1-2H3,(H,24,27)/t14-/m1/s1. The molecule has 1 fully saturated rings. The molecule has 1 heterocycles. The Kier molecular flexibility index (Phi) is 4.95. The number of anilines is 2. The normalized spacial score (nSPS) is 17.3. The van der Waals surface area contributed by atoms with Crippen LogP contribution in [0.5, 0.6) is 0 Å². The van der Waals surface area contributed by atoms with Crippen LogP contribution in [0.25, 0.3) is 0 Å². The lowest BCUT2D eigenvalue weighted by atomic mass is 10.1. The molecule has 2 amide bonds. The van der Waals surface area contributed by atoms with E-state index in [9.17, 15) is 22.8 Å². The molecule has 7 heteroatoms. The Morgan fingerprint density at radius 2 is 1.78 bits per heavy atom. The SMILES string of the molecule is Cc1cc(C)cc(N2C[C@H](C(=O)Nc3cccc(C(F)(F)F)c3)CC2=O)c1. The average molecular weight is 376 g/mol. The van der Waals surface area contributed by atoms with Gasteiger partial charge in [0.25, 0.3) is 0 Å². The highest BCUT2D eigenvalue weighted by Gasteiger charge is 2.36. The number of carbonyl (C=O) groups excluding carboxylic acids is 2. The quantitative estimate of drug-likeness (QED) is 0.868. The summed E-state index contributed by atoms with van der Waals surface area (Å²) >= 11 is 0. The van der Waals surface area contributed by atoms with Crippen molar-refractivity contribution in [1.82, 2.24) is 0 Å². The van der Waals surface area contributed by atoms with Crippen LogP contribution < -0.4 is 10.2 Å². The van der Waals surface area contributed by atoms with E-state index in [1.54, 1.807) is 4.90 Å². The number of amides is 2. The minimum absolute atomic E-state index is 0.0256. The van der Waals surface area contributed by atoms with Gasteiger partial charge in [-0.3, -0.25) is 9.59 Å².